The van der Waals surface area contributed by atoms with Crippen molar-refractivity contribution in [2.24, 2.45) is 0 Å². The van der Waals surface area contributed by atoms with Gasteiger partial charge in [0.15, 0.2) is 11.5 Å². The number of benzene rings is 1. The molecule has 5 heteroatoms. The van der Waals surface area contributed by atoms with E-state index in [0.717, 1.165) is 30.8 Å². The van der Waals surface area contributed by atoms with Crippen LogP contribution in [-0.4, -0.2) is 30.8 Å². The number of morpholine rings is 1. The average molecular weight is 253 g/mol. The molecule has 1 fully saturated rings. The van der Waals surface area contributed by atoms with Crippen LogP contribution in [0, 0.1) is 0 Å². The predicted octanol–water partition coefficient (Wildman–Crippen LogP) is 2.01. The smallest absolute Gasteiger partial charge is 0.198 e. The van der Waals surface area contributed by atoms with Crippen molar-refractivity contribution in [2.75, 3.05) is 19.7 Å². The van der Waals surface area contributed by atoms with Gasteiger partial charge < -0.3 is 14.5 Å². The average Bonchev–Trinajstić information content (AvgIpc) is 2.71. The molecule has 1 atom stereocenters. The molecule has 2 aromatic rings. The van der Waals surface area contributed by atoms with E-state index in [1.807, 2.05) is 12.1 Å². The molecule has 0 spiro atoms. The minimum absolute atomic E-state index is 0.146. The predicted molar refractivity (Wildman–Crippen MR) is 65.3 cm³/mol. The van der Waals surface area contributed by atoms with Gasteiger partial charge in [0.1, 0.15) is 5.52 Å². The van der Waals surface area contributed by atoms with Gasteiger partial charge in [-0.3, -0.25) is 0 Å². The zero-order valence-corrected chi connectivity index (χ0v) is 10.0. The fraction of sp³-hybridized carbons (Fsp3) is 0.417. The maximum absolute atomic E-state index is 5.90. The van der Waals surface area contributed by atoms with Crippen LogP contribution in [0.4, 0.5) is 0 Å². The lowest BCUT2D eigenvalue weighted by atomic mass is 10.2. The van der Waals surface area contributed by atoms with Crippen molar-refractivity contribution >= 4 is 22.7 Å². The van der Waals surface area contributed by atoms with Gasteiger partial charge in [-0.05, 0) is 12.1 Å². The minimum atomic E-state index is 0.146. The molecule has 1 aliphatic rings. The van der Waals surface area contributed by atoms with Crippen LogP contribution in [0.5, 0.6) is 0 Å². The molecular weight excluding hydrogens is 240 g/mol. The van der Waals surface area contributed by atoms with Crippen LogP contribution in [0.2, 0.25) is 5.02 Å². The maximum Gasteiger partial charge on any atom is 0.198 e. The maximum atomic E-state index is 5.90. The van der Waals surface area contributed by atoms with Gasteiger partial charge >= 0.3 is 0 Å². The summed E-state index contributed by atoms with van der Waals surface area (Å²) in [6.45, 7) is 2.51. The van der Waals surface area contributed by atoms with E-state index in [1.165, 1.54) is 0 Å². The summed E-state index contributed by atoms with van der Waals surface area (Å²) in [5.41, 5.74) is 1.57. The molecule has 90 valence electrons. The number of halogens is 1. The Bertz CT molecular complexity index is 520. The summed E-state index contributed by atoms with van der Waals surface area (Å²) < 4.78 is 11.3. The van der Waals surface area contributed by atoms with Crippen molar-refractivity contribution in [1.29, 1.82) is 0 Å². The van der Waals surface area contributed by atoms with E-state index in [2.05, 4.69) is 10.3 Å². The van der Waals surface area contributed by atoms with Gasteiger partial charge in [0, 0.05) is 24.2 Å². The topological polar surface area (TPSA) is 47.3 Å². The second-order valence-electron chi connectivity index (χ2n) is 4.12. The molecule has 1 aromatic heterocycles. The Morgan fingerprint density at radius 3 is 3.24 bits per heavy atom. The van der Waals surface area contributed by atoms with Gasteiger partial charge in [0.2, 0.25) is 0 Å². The molecule has 0 saturated carbocycles. The van der Waals surface area contributed by atoms with E-state index >= 15 is 0 Å². The van der Waals surface area contributed by atoms with Crippen molar-refractivity contribution in [3.05, 3.63) is 29.1 Å². The van der Waals surface area contributed by atoms with E-state index < -0.39 is 0 Å². The van der Waals surface area contributed by atoms with Crippen molar-refractivity contribution in [1.82, 2.24) is 10.3 Å². The van der Waals surface area contributed by atoms with Gasteiger partial charge in [-0.25, -0.2) is 4.98 Å². The van der Waals surface area contributed by atoms with E-state index in [-0.39, 0.29) is 6.10 Å². The number of oxazole rings is 1. The van der Waals surface area contributed by atoms with Crippen LogP contribution < -0.4 is 5.32 Å². The number of hydrogen-bond acceptors (Lipinski definition) is 4. The summed E-state index contributed by atoms with van der Waals surface area (Å²) in [4.78, 5) is 4.41. The second-order valence-corrected chi connectivity index (χ2v) is 4.56. The fourth-order valence-corrected chi connectivity index (χ4v) is 2.14. The number of nitrogens with one attached hydrogen (secondary N) is 1. The first-order valence-corrected chi connectivity index (χ1v) is 6.06. The van der Waals surface area contributed by atoms with Crippen LogP contribution in [-0.2, 0) is 11.2 Å². The highest BCUT2D eigenvalue weighted by Gasteiger charge is 2.17. The third-order valence-electron chi connectivity index (χ3n) is 2.80. The molecule has 1 unspecified atom stereocenters. The first-order chi connectivity index (χ1) is 8.31. The molecule has 4 nitrogen and oxygen atoms in total. The van der Waals surface area contributed by atoms with Gasteiger partial charge in [-0.15, -0.1) is 0 Å². The quantitative estimate of drug-likeness (QED) is 0.888. The number of hydrogen-bond donors (Lipinski definition) is 1. The van der Waals surface area contributed by atoms with Crippen LogP contribution in [0.25, 0.3) is 11.1 Å². The third kappa shape index (κ3) is 2.44. The lowest BCUT2D eigenvalue weighted by Crippen LogP contribution is -2.39. The summed E-state index contributed by atoms with van der Waals surface area (Å²) in [7, 11) is 0. The van der Waals surface area contributed by atoms with Gasteiger partial charge in [0.25, 0.3) is 0 Å². The molecule has 1 saturated heterocycles. The van der Waals surface area contributed by atoms with Gasteiger partial charge in [-0.2, -0.15) is 0 Å². The van der Waals surface area contributed by atoms with Crippen LogP contribution in [0.3, 0.4) is 0 Å². The number of fused-ring (bicyclic) bond motifs is 1. The van der Waals surface area contributed by atoms with Crippen LogP contribution >= 0.6 is 11.6 Å². The Morgan fingerprint density at radius 1 is 1.47 bits per heavy atom. The molecule has 0 bridgehead atoms. The monoisotopic (exact) mass is 252 g/mol. The Labute approximate surface area is 104 Å². The highest BCUT2D eigenvalue weighted by Crippen LogP contribution is 2.21. The van der Waals surface area contributed by atoms with Crippen molar-refractivity contribution in [3.63, 3.8) is 0 Å². The molecule has 1 aliphatic heterocycles. The largest absolute Gasteiger partial charge is 0.441 e. The highest BCUT2D eigenvalue weighted by atomic mass is 35.5. The Hall–Kier alpha value is -1.10. The lowest BCUT2D eigenvalue weighted by Gasteiger charge is -2.22. The van der Waals surface area contributed by atoms with E-state index in [1.54, 1.807) is 6.07 Å². The normalized spacial score (nSPS) is 20.9. The third-order valence-corrected chi connectivity index (χ3v) is 3.04. The molecule has 3 rings (SSSR count). The van der Waals surface area contributed by atoms with Crippen molar-refractivity contribution in [3.8, 4) is 0 Å². The fourth-order valence-electron chi connectivity index (χ4n) is 1.98. The van der Waals surface area contributed by atoms with E-state index in [0.29, 0.717) is 17.3 Å². The molecule has 0 radical (unpaired) electrons. The second kappa shape index (κ2) is 4.64. The van der Waals surface area contributed by atoms with Crippen molar-refractivity contribution < 1.29 is 9.15 Å². The first-order valence-electron chi connectivity index (χ1n) is 5.68. The summed E-state index contributed by atoms with van der Waals surface area (Å²) >= 11 is 5.90. The SMILES string of the molecule is Clc1ccc2nc(CC3CNCCO3)oc2c1. The summed E-state index contributed by atoms with van der Waals surface area (Å²) in [5, 5.41) is 3.95. The summed E-state index contributed by atoms with van der Waals surface area (Å²) in [6, 6.07) is 5.47. The number of aromatic nitrogens is 1. The van der Waals surface area contributed by atoms with Crippen LogP contribution in [0.15, 0.2) is 22.6 Å². The molecular formula is C12H13ClN2O2. The molecule has 1 N–H and O–H groups in total. The lowest BCUT2D eigenvalue weighted by molar-refractivity contribution is 0.0257. The number of nitrogens with zero attached hydrogens (tertiary/aromatic N) is 1. The zero-order chi connectivity index (χ0) is 11.7. The van der Waals surface area contributed by atoms with Crippen LogP contribution in [0.1, 0.15) is 5.89 Å². The first kappa shape index (κ1) is 11.0. The molecule has 17 heavy (non-hydrogen) atoms. The summed E-state index contributed by atoms with van der Waals surface area (Å²) in [5.74, 6) is 0.705. The summed E-state index contributed by atoms with van der Waals surface area (Å²) in [6.07, 6.45) is 0.839. The Kier molecular flexibility index (Phi) is 3.01. The highest BCUT2D eigenvalue weighted by molar-refractivity contribution is 6.31. The van der Waals surface area contributed by atoms with Gasteiger partial charge in [0.05, 0.1) is 19.1 Å². The standard InChI is InChI=1S/C12H13ClN2O2/c13-8-1-2-10-11(5-8)17-12(15-10)6-9-7-14-3-4-16-9/h1-2,5,9,14H,3-4,6-7H2. The molecule has 2 heterocycles. The molecule has 1 aromatic carbocycles. The Balaban J connectivity index is 1.80. The Morgan fingerprint density at radius 2 is 2.41 bits per heavy atom. The minimum Gasteiger partial charge on any atom is -0.441 e. The van der Waals surface area contributed by atoms with Crippen molar-refractivity contribution in [2.45, 2.75) is 12.5 Å². The number of ether oxygens (including phenoxy) is 1. The van der Waals surface area contributed by atoms with E-state index in [4.69, 9.17) is 20.8 Å². The number of rotatable bonds is 2. The van der Waals surface area contributed by atoms with Gasteiger partial charge in [-0.1, -0.05) is 11.6 Å². The van der Waals surface area contributed by atoms with E-state index in [9.17, 15) is 0 Å². The molecule has 0 aliphatic carbocycles. The molecule has 0 amide bonds. The zero-order valence-electron chi connectivity index (χ0n) is 9.28.